The van der Waals surface area contributed by atoms with Gasteiger partial charge in [-0.1, -0.05) is 33.1 Å². The van der Waals surface area contributed by atoms with Crippen LogP contribution in [0.4, 0.5) is 5.95 Å². The second-order valence-corrected chi connectivity index (χ2v) is 6.15. The molecule has 4 nitrogen and oxygen atoms in total. The standard InChI is InChI=1S/C13H24N4S/c1-10(2)9-16(3)12-14-15-13(18)17(12)11-7-5-4-6-8-11/h10-11H,4-9H2,1-3H3,(H,15,18). The Morgan fingerprint density at radius 3 is 2.67 bits per heavy atom. The van der Waals surface area contributed by atoms with Gasteiger partial charge >= 0.3 is 0 Å². The molecule has 0 aromatic carbocycles. The lowest BCUT2D eigenvalue weighted by molar-refractivity contribution is 0.350. The van der Waals surface area contributed by atoms with E-state index in [1.54, 1.807) is 0 Å². The Labute approximate surface area is 114 Å². The quantitative estimate of drug-likeness (QED) is 0.849. The van der Waals surface area contributed by atoms with Crippen molar-refractivity contribution in [3.05, 3.63) is 4.77 Å². The molecule has 1 aliphatic rings. The fraction of sp³-hybridized carbons (Fsp3) is 0.846. The molecule has 1 saturated carbocycles. The van der Waals surface area contributed by atoms with Gasteiger partial charge in [-0.3, -0.25) is 4.57 Å². The molecule has 1 fully saturated rings. The number of nitrogens with zero attached hydrogens (tertiary/aromatic N) is 3. The molecule has 2 rings (SSSR count). The van der Waals surface area contributed by atoms with Crippen LogP contribution in [-0.2, 0) is 0 Å². The molecule has 0 bridgehead atoms. The zero-order valence-corrected chi connectivity index (χ0v) is 12.5. The highest BCUT2D eigenvalue weighted by Crippen LogP contribution is 2.31. The first-order chi connectivity index (χ1) is 8.59. The molecule has 5 heteroatoms. The smallest absolute Gasteiger partial charge is 0.225 e. The van der Waals surface area contributed by atoms with Gasteiger partial charge in [-0.25, -0.2) is 5.10 Å². The average molecular weight is 268 g/mol. The highest BCUT2D eigenvalue weighted by Gasteiger charge is 2.21. The van der Waals surface area contributed by atoms with Gasteiger partial charge in [0.1, 0.15) is 0 Å². The Morgan fingerprint density at radius 1 is 1.39 bits per heavy atom. The van der Waals surface area contributed by atoms with E-state index < -0.39 is 0 Å². The van der Waals surface area contributed by atoms with Gasteiger partial charge in [0.2, 0.25) is 5.95 Å². The summed E-state index contributed by atoms with van der Waals surface area (Å²) in [5.41, 5.74) is 0. The molecule has 0 spiro atoms. The molecule has 1 aromatic rings. The summed E-state index contributed by atoms with van der Waals surface area (Å²) < 4.78 is 3.00. The average Bonchev–Trinajstić information content (AvgIpc) is 2.71. The van der Waals surface area contributed by atoms with E-state index in [1.807, 2.05) is 0 Å². The van der Waals surface area contributed by atoms with E-state index in [-0.39, 0.29) is 0 Å². The van der Waals surface area contributed by atoms with Gasteiger partial charge in [-0.15, -0.1) is 5.10 Å². The molecule has 1 N–H and O–H groups in total. The van der Waals surface area contributed by atoms with Crippen LogP contribution in [0.25, 0.3) is 0 Å². The predicted molar refractivity (Wildman–Crippen MR) is 77.6 cm³/mol. The molecule has 0 radical (unpaired) electrons. The second kappa shape index (κ2) is 5.87. The highest BCUT2D eigenvalue weighted by atomic mass is 32.1. The van der Waals surface area contributed by atoms with Crippen LogP contribution in [0, 0.1) is 10.7 Å². The number of rotatable bonds is 4. The van der Waals surface area contributed by atoms with Crippen molar-refractivity contribution >= 4 is 18.2 Å². The molecule has 0 amide bonds. The van der Waals surface area contributed by atoms with Crippen LogP contribution < -0.4 is 4.90 Å². The van der Waals surface area contributed by atoms with Gasteiger partial charge in [0, 0.05) is 19.6 Å². The van der Waals surface area contributed by atoms with E-state index in [0.717, 1.165) is 17.3 Å². The summed E-state index contributed by atoms with van der Waals surface area (Å²) >= 11 is 5.40. The summed E-state index contributed by atoms with van der Waals surface area (Å²) in [6.45, 7) is 5.46. The fourth-order valence-corrected chi connectivity index (χ4v) is 3.14. The zero-order chi connectivity index (χ0) is 13.1. The van der Waals surface area contributed by atoms with Gasteiger partial charge in [-0.2, -0.15) is 0 Å². The maximum atomic E-state index is 5.40. The largest absolute Gasteiger partial charge is 0.344 e. The first-order valence-corrected chi connectivity index (χ1v) is 7.38. The minimum absolute atomic E-state index is 0.537. The number of hydrogen-bond donors (Lipinski definition) is 1. The van der Waals surface area contributed by atoms with Crippen molar-refractivity contribution in [3.8, 4) is 0 Å². The van der Waals surface area contributed by atoms with E-state index in [0.29, 0.717) is 12.0 Å². The number of H-pyrrole nitrogens is 1. The normalized spacial score (nSPS) is 17.3. The van der Waals surface area contributed by atoms with Crippen molar-refractivity contribution < 1.29 is 0 Å². The Balaban J connectivity index is 2.23. The van der Waals surface area contributed by atoms with Crippen LogP contribution in [0.2, 0.25) is 0 Å². The van der Waals surface area contributed by atoms with Crippen molar-refractivity contribution in [2.75, 3.05) is 18.5 Å². The molecule has 0 unspecified atom stereocenters. The fourth-order valence-electron chi connectivity index (χ4n) is 2.86. The van der Waals surface area contributed by atoms with Crippen LogP contribution in [0.1, 0.15) is 52.0 Å². The van der Waals surface area contributed by atoms with Crippen LogP contribution in [0.5, 0.6) is 0 Å². The highest BCUT2D eigenvalue weighted by molar-refractivity contribution is 7.71. The second-order valence-electron chi connectivity index (χ2n) is 5.76. The van der Waals surface area contributed by atoms with E-state index in [9.17, 15) is 0 Å². The van der Waals surface area contributed by atoms with Gasteiger partial charge in [0.25, 0.3) is 0 Å². The van der Waals surface area contributed by atoms with Crippen molar-refractivity contribution in [2.45, 2.75) is 52.0 Å². The lowest BCUT2D eigenvalue weighted by Crippen LogP contribution is -2.27. The monoisotopic (exact) mass is 268 g/mol. The molecular formula is C13H24N4S. The SMILES string of the molecule is CC(C)CN(C)c1n[nH]c(=S)n1C1CCCCC1. The van der Waals surface area contributed by atoms with Crippen LogP contribution in [-0.4, -0.2) is 28.4 Å². The van der Waals surface area contributed by atoms with E-state index >= 15 is 0 Å². The number of aromatic nitrogens is 3. The third-order valence-electron chi connectivity index (χ3n) is 3.61. The molecule has 0 atom stereocenters. The van der Waals surface area contributed by atoms with Gasteiger partial charge in [0.15, 0.2) is 4.77 Å². The number of hydrogen-bond acceptors (Lipinski definition) is 3. The van der Waals surface area contributed by atoms with E-state index in [2.05, 4.69) is 40.6 Å². The Kier molecular flexibility index (Phi) is 4.43. The van der Waals surface area contributed by atoms with Crippen molar-refractivity contribution in [2.24, 2.45) is 5.92 Å². The van der Waals surface area contributed by atoms with Crippen LogP contribution in [0.3, 0.4) is 0 Å². The lowest BCUT2D eigenvalue weighted by Gasteiger charge is -2.27. The molecular weight excluding hydrogens is 244 g/mol. The zero-order valence-electron chi connectivity index (χ0n) is 11.6. The summed E-state index contributed by atoms with van der Waals surface area (Å²) in [5.74, 6) is 1.63. The molecule has 0 aliphatic heterocycles. The molecule has 1 heterocycles. The third-order valence-corrected chi connectivity index (χ3v) is 3.89. The van der Waals surface area contributed by atoms with Gasteiger partial charge in [-0.05, 0) is 31.0 Å². The number of anilines is 1. The molecule has 18 heavy (non-hydrogen) atoms. The van der Waals surface area contributed by atoms with Crippen LogP contribution >= 0.6 is 12.2 Å². The maximum absolute atomic E-state index is 5.40. The van der Waals surface area contributed by atoms with E-state index in [1.165, 1.54) is 32.1 Å². The summed E-state index contributed by atoms with van der Waals surface area (Å²) in [7, 11) is 2.10. The van der Waals surface area contributed by atoms with Gasteiger partial charge < -0.3 is 4.90 Å². The topological polar surface area (TPSA) is 36.9 Å². The summed E-state index contributed by atoms with van der Waals surface area (Å²) in [6, 6.07) is 0.537. The Hall–Kier alpha value is -0.840. The molecule has 102 valence electrons. The molecule has 1 aromatic heterocycles. The molecule has 0 saturated heterocycles. The van der Waals surface area contributed by atoms with Gasteiger partial charge in [0.05, 0.1) is 0 Å². The number of aromatic amines is 1. The minimum Gasteiger partial charge on any atom is -0.344 e. The first-order valence-electron chi connectivity index (χ1n) is 6.97. The minimum atomic E-state index is 0.537. The third kappa shape index (κ3) is 2.94. The lowest BCUT2D eigenvalue weighted by atomic mass is 9.95. The first kappa shape index (κ1) is 13.6. The number of nitrogens with one attached hydrogen (secondary N) is 1. The van der Waals surface area contributed by atoms with Crippen LogP contribution in [0.15, 0.2) is 0 Å². The van der Waals surface area contributed by atoms with Crippen molar-refractivity contribution in [1.82, 2.24) is 14.8 Å². The molecule has 1 aliphatic carbocycles. The summed E-state index contributed by atoms with van der Waals surface area (Å²) in [6.07, 6.45) is 6.45. The summed E-state index contributed by atoms with van der Waals surface area (Å²) in [4.78, 5) is 2.21. The summed E-state index contributed by atoms with van der Waals surface area (Å²) in [5, 5.41) is 7.38. The van der Waals surface area contributed by atoms with E-state index in [4.69, 9.17) is 12.2 Å². The van der Waals surface area contributed by atoms with Crippen molar-refractivity contribution in [3.63, 3.8) is 0 Å². The maximum Gasteiger partial charge on any atom is 0.225 e. The Bertz CT molecular complexity index is 428. The Morgan fingerprint density at radius 2 is 2.06 bits per heavy atom. The predicted octanol–water partition coefficient (Wildman–Crippen LogP) is 3.54. The van der Waals surface area contributed by atoms with Crippen molar-refractivity contribution in [1.29, 1.82) is 0 Å².